The van der Waals surface area contributed by atoms with Gasteiger partial charge >= 0.3 is 0 Å². The van der Waals surface area contributed by atoms with Crippen LogP contribution in [0.4, 0.5) is 11.4 Å². The molecule has 1 atom stereocenters. The van der Waals surface area contributed by atoms with Crippen LogP contribution in [0.15, 0.2) is 42.5 Å². The van der Waals surface area contributed by atoms with Crippen LogP contribution in [0.3, 0.4) is 0 Å². The van der Waals surface area contributed by atoms with Crippen LogP contribution in [0.25, 0.3) is 0 Å². The summed E-state index contributed by atoms with van der Waals surface area (Å²) in [6.45, 7) is 5.41. The molecule has 0 aliphatic carbocycles. The van der Waals surface area contributed by atoms with Crippen molar-refractivity contribution in [3.05, 3.63) is 59.2 Å². The molecule has 2 aliphatic heterocycles. The number of fused-ring (bicyclic) bond motifs is 1. The highest BCUT2D eigenvalue weighted by atomic mass is 16.2. The van der Waals surface area contributed by atoms with E-state index in [0.717, 1.165) is 34.5 Å². The Morgan fingerprint density at radius 3 is 2.77 bits per heavy atom. The summed E-state index contributed by atoms with van der Waals surface area (Å²) in [5, 5.41) is 2.97. The summed E-state index contributed by atoms with van der Waals surface area (Å²) in [7, 11) is 0. The van der Waals surface area contributed by atoms with Gasteiger partial charge in [0, 0.05) is 43.9 Å². The molecule has 2 aliphatic rings. The Labute approximate surface area is 176 Å². The van der Waals surface area contributed by atoms with Gasteiger partial charge in [-0.3, -0.25) is 14.4 Å². The largest absolute Gasteiger partial charge is 0.352 e. The first kappa shape index (κ1) is 20.1. The number of carbonyl (C=O) groups excluding carboxylic acids is 3. The van der Waals surface area contributed by atoms with Gasteiger partial charge in [-0.2, -0.15) is 0 Å². The fourth-order valence-electron chi connectivity index (χ4n) is 4.29. The van der Waals surface area contributed by atoms with Crippen molar-refractivity contribution in [2.24, 2.45) is 5.92 Å². The van der Waals surface area contributed by atoms with Gasteiger partial charge in [0.15, 0.2) is 0 Å². The number of aryl methyl sites for hydroxylation is 1. The van der Waals surface area contributed by atoms with Crippen LogP contribution in [0, 0.1) is 12.8 Å². The third-order valence-electron chi connectivity index (χ3n) is 5.92. The Morgan fingerprint density at radius 1 is 1.17 bits per heavy atom. The normalized spacial score (nSPS) is 17.9. The molecule has 156 valence electrons. The second-order valence-corrected chi connectivity index (χ2v) is 8.07. The van der Waals surface area contributed by atoms with Crippen molar-refractivity contribution in [1.82, 2.24) is 5.32 Å². The molecule has 0 radical (unpaired) electrons. The number of anilines is 2. The Bertz CT molecular complexity index is 1000. The summed E-state index contributed by atoms with van der Waals surface area (Å²) < 4.78 is 0. The van der Waals surface area contributed by atoms with Gasteiger partial charge in [0.25, 0.3) is 0 Å². The third-order valence-corrected chi connectivity index (χ3v) is 5.92. The number of rotatable bonds is 5. The number of carbonyl (C=O) groups is 3. The summed E-state index contributed by atoms with van der Waals surface area (Å²) in [6.07, 6.45) is 1.49. The molecule has 0 saturated carbocycles. The maximum absolute atomic E-state index is 12.6. The van der Waals surface area contributed by atoms with Crippen molar-refractivity contribution in [3.63, 3.8) is 0 Å². The quantitative estimate of drug-likeness (QED) is 0.832. The van der Waals surface area contributed by atoms with Gasteiger partial charge in [0.2, 0.25) is 17.7 Å². The SMILES string of the molecule is CCC(=O)N1CCc2cc(N3C[C@@H](C(=O)NCc4cccc(C)c4)CC3=O)ccc21. The van der Waals surface area contributed by atoms with Crippen molar-refractivity contribution in [3.8, 4) is 0 Å². The van der Waals surface area contributed by atoms with Crippen LogP contribution in [0.5, 0.6) is 0 Å². The second-order valence-electron chi connectivity index (χ2n) is 8.07. The van der Waals surface area contributed by atoms with E-state index in [4.69, 9.17) is 0 Å². The lowest BCUT2D eigenvalue weighted by Gasteiger charge is -2.20. The average molecular weight is 405 g/mol. The number of nitrogens with zero attached hydrogens (tertiary/aromatic N) is 2. The first-order valence-corrected chi connectivity index (χ1v) is 10.5. The highest BCUT2D eigenvalue weighted by Crippen LogP contribution is 2.34. The molecule has 6 nitrogen and oxygen atoms in total. The zero-order chi connectivity index (χ0) is 21.3. The van der Waals surface area contributed by atoms with Crippen molar-refractivity contribution in [2.75, 3.05) is 22.9 Å². The molecular formula is C24H27N3O3. The van der Waals surface area contributed by atoms with Crippen LogP contribution in [-0.4, -0.2) is 30.8 Å². The van der Waals surface area contributed by atoms with E-state index in [1.165, 1.54) is 0 Å². The maximum Gasteiger partial charge on any atom is 0.227 e. The molecule has 6 heteroatoms. The zero-order valence-electron chi connectivity index (χ0n) is 17.5. The van der Waals surface area contributed by atoms with E-state index >= 15 is 0 Å². The van der Waals surface area contributed by atoms with E-state index in [9.17, 15) is 14.4 Å². The Kier molecular flexibility index (Phi) is 5.57. The molecule has 1 N–H and O–H groups in total. The van der Waals surface area contributed by atoms with Gasteiger partial charge in [0.1, 0.15) is 0 Å². The predicted octanol–water partition coefficient (Wildman–Crippen LogP) is 2.96. The first-order chi connectivity index (χ1) is 14.5. The summed E-state index contributed by atoms with van der Waals surface area (Å²) in [6, 6.07) is 13.8. The summed E-state index contributed by atoms with van der Waals surface area (Å²) in [5.41, 5.74) is 5.02. The molecule has 2 aromatic rings. The van der Waals surface area contributed by atoms with Gasteiger partial charge < -0.3 is 15.1 Å². The Balaban J connectivity index is 1.41. The fourth-order valence-corrected chi connectivity index (χ4v) is 4.29. The van der Waals surface area contributed by atoms with Crippen molar-refractivity contribution < 1.29 is 14.4 Å². The van der Waals surface area contributed by atoms with Crippen molar-refractivity contribution in [2.45, 2.75) is 39.7 Å². The van der Waals surface area contributed by atoms with E-state index in [-0.39, 0.29) is 30.1 Å². The van der Waals surface area contributed by atoms with E-state index in [1.54, 1.807) is 4.90 Å². The number of benzene rings is 2. The average Bonchev–Trinajstić information content (AvgIpc) is 3.34. The van der Waals surface area contributed by atoms with E-state index in [0.29, 0.717) is 26.1 Å². The van der Waals surface area contributed by atoms with E-state index < -0.39 is 0 Å². The molecule has 1 fully saturated rings. The minimum Gasteiger partial charge on any atom is -0.352 e. The van der Waals surface area contributed by atoms with Crippen LogP contribution in [-0.2, 0) is 27.3 Å². The number of amides is 3. The Morgan fingerprint density at radius 2 is 2.00 bits per heavy atom. The van der Waals surface area contributed by atoms with E-state index in [2.05, 4.69) is 5.32 Å². The first-order valence-electron chi connectivity index (χ1n) is 10.5. The molecule has 1 saturated heterocycles. The van der Waals surface area contributed by atoms with Gasteiger partial charge in [-0.05, 0) is 42.7 Å². The van der Waals surface area contributed by atoms with Crippen molar-refractivity contribution >= 4 is 29.1 Å². The van der Waals surface area contributed by atoms with Crippen molar-refractivity contribution in [1.29, 1.82) is 0 Å². The molecule has 0 unspecified atom stereocenters. The second kappa shape index (κ2) is 8.30. The van der Waals surface area contributed by atoms with Crippen LogP contribution >= 0.6 is 0 Å². The molecule has 4 rings (SSSR count). The molecule has 3 amide bonds. The number of hydrogen-bond acceptors (Lipinski definition) is 3. The monoisotopic (exact) mass is 405 g/mol. The van der Waals surface area contributed by atoms with Gasteiger partial charge in [-0.25, -0.2) is 0 Å². The maximum atomic E-state index is 12.6. The topological polar surface area (TPSA) is 69.7 Å². The smallest absolute Gasteiger partial charge is 0.227 e. The number of nitrogens with one attached hydrogen (secondary N) is 1. The lowest BCUT2D eigenvalue weighted by Crippen LogP contribution is -2.32. The van der Waals surface area contributed by atoms with Crippen LogP contribution in [0.2, 0.25) is 0 Å². The fraction of sp³-hybridized carbons (Fsp3) is 0.375. The molecule has 2 heterocycles. The molecule has 0 bridgehead atoms. The summed E-state index contributed by atoms with van der Waals surface area (Å²) in [4.78, 5) is 40.8. The molecule has 0 spiro atoms. The van der Waals surface area contributed by atoms with Crippen LogP contribution in [0.1, 0.15) is 36.5 Å². The summed E-state index contributed by atoms with van der Waals surface area (Å²) in [5.74, 6) is -0.365. The van der Waals surface area contributed by atoms with Crippen LogP contribution < -0.4 is 15.1 Å². The van der Waals surface area contributed by atoms with Gasteiger partial charge in [0.05, 0.1) is 5.92 Å². The highest BCUT2D eigenvalue weighted by molar-refractivity contribution is 6.01. The highest BCUT2D eigenvalue weighted by Gasteiger charge is 2.35. The molecule has 2 aromatic carbocycles. The minimum absolute atomic E-state index is 0.0369. The predicted molar refractivity (Wildman–Crippen MR) is 116 cm³/mol. The van der Waals surface area contributed by atoms with E-state index in [1.807, 2.05) is 61.2 Å². The Hall–Kier alpha value is -3.15. The number of hydrogen-bond donors (Lipinski definition) is 1. The molecular weight excluding hydrogens is 378 g/mol. The molecule has 0 aromatic heterocycles. The molecule has 30 heavy (non-hydrogen) atoms. The lowest BCUT2D eigenvalue weighted by atomic mass is 10.1. The zero-order valence-corrected chi connectivity index (χ0v) is 17.5. The van der Waals surface area contributed by atoms with Gasteiger partial charge in [-0.1, -0.05) is 36.8 Å². The standard InChI is InChI=1S/C24H27N3O3/c1-3-22(28)26-10-9-18-12-20(7-8-21(18)26)27-15-19(13-23(27)29)24(30)25-14-17-6-4-5-16(2)11-17/h4-8,11-12,19H,3,9-10,13-15H2,1-2H3,(H,25,30)/t19-/m0/s1. The minimum atomic E-state index is -0.353. The van der Waals surface area contributed by atoms with Gasteiger partial charge in [-0.15, -0.1) is 0 Å². The third kappa shape index (κ3) is 3.95. The lowest BCUT2D eigenvalue weighted by molar-refractivity contribution is -0.126. The summed E-state index contributed by atoms with van der Waals surface area (Å²) >= 11 is 0.